The van der Waals surface area contributed by atoms with Gasteiger partial charge < -0.3 is 4.90 Å². The maximum absolute atomic E-state index is 4.37. The summed E-state index contributed by atoms with van der Waals surface area (Å²) in [7, 11) is 4.08. The topological polar surface area (TPSA) is 20.5 Å². The highest BCUT2D eigenvalue weighted by atomic mass is 15.2. The Kier molecular flexibility index (Phi) is 2.62. The third-order valence-electron chi connectivity index (χ3n) is 2.62. The molecule has 0 aromatic carbocycles. The maximum Gasteiger partial charge on any atom is 0.0695 e. The second kappa shape index (κ2) is 3.93. The molecule has 0 aliphatic carbocycles. The molecule has 3 heteroatoms. The molecule has 0 radical (unpaired) electrons. The van der Waals surface area contributed by atoms with Crippen LogP contribution < -0.4 is 4.90 Å². The summed E-state index contributed by atoms with van der Waals surface area (Å²) in [4.78, 5) is 2.08. The van der Waals surface area contributed by atoms with Crippen molar-refractivity contribution in [3.05, 3.63) is 30.1 Å². The molecule has 2 aromatic rings. The number of aryl methyl sites for hydroxylation is 1. The highest BCUT2D eigenvalue weighted by Crippen LogP contribution is 2.17. The van der Waals surface area contributed by atoms with Crippen LogP contribution in [0, 0.1) is 0 Å². The number of hydrogen-bond acceptors (Lipinski definition) is 2. The van der Waals surface area contributed by atoms with Crippen molar-refractivity contribution in [3.8, 4) is 0 Å². The largest absolute Gasteiger partial charge is 0.376 e. The average Bonchev–Trinajstić information content (AvgIpc) is 2.61. The van der Waals surface area contributed by atoms with Crippen LogP contribution >= 0.6 is 0 Å². The summed E-state index contributed by atoms with van der Waals surface area (Å²) in [5.41, 5.74) is 3.74. The Labute approximate surface area is 90.3 Å². The summed E-state index contributed by atoms with van der Waals surface area (Å²) in [6, 6.07) is 4.28. The standard InChI is InChI=1S/C12H17N3/c1-4-5-10-8-13-15-9-11(14(2)3)6-7-12(10)15/h6-9H,4-5H2,1-3H3. The van der Waals surface area contributed by atoms with E-state index in [0.717, 1.165) is 12.8 Å². The molecular formula is C12H17N3. The van der Waals surface area contributed by atoms with Crippen molar-refractivity contribution in [1.29, 1.82) is 0 Å². The van der Waals surface area contributed by atoms with E-state index in [1.807, 2.05) is 24.8 Å². The Morgan fingerprint density at radius 3 is 2.80 bits per heavy atom. The highest BCUT2D eigenvalue weighted by molar-refractivity contribution is 5.58. The number of anilines is 1. The number of nitrogens with zero attached hydrogens (tertiary/aromatic N) is 3. The summed E-state index contributed by atoms with van der Waals surface area (Å²) in [5, 5.41) is 4.37. The van der Waals surface area contributed by atoms with E-state index in [4.69, 9.17) is 0 Å². The van der Waals surface area contributed by atoms with E-state index in [1.54, 1.807) is 0 Å². The van der Waals surface area contributed by atoms with Crippen molar-refractivity contribution in [3.63, 3.8) is 0 Å². The molecule has 2 heterocycles. The second-order valence-electron chi connectivity index (χ2n) is 4.03. The van der Waals surface area contributed by atoms with Gasteiger partial charge in [-0.2, -0.15) is 5.10 Å². The van der Waals surface area contributed by atoms with E-state index in [-0.39, 0.29) is 0 Å². The zero-order valence-corrected chi connectivity index (χ0v) is 9.57. The van der Waals surface area contributed by atoms with Crippen LogP contribution in [0.3, 0.4) is 0 Å². The lowest BCUT2D eigenvalue weighted by atomic mass is 10.1. The zero-order valence-electron chi connectivity index (χ0n) is 9.57. The molecule has 0 aliphatic rings. The number of rotatable bonds is 3. The fourth-order valence-electron chi connectivity index (χ4n) is 1.75. The molecule has 0 unspecified atom stereocenters. The smallest absolute Gasteiger partial charge is 0.0695 e. The van der Waals surface area contributed by atoms with Gasteiger partial charge in [-0.3, -0.25) is 0 Å². The van der Waals surface area contributed by atoms with Crippen molar-refractivity contribution in [2.45, 2.75) is 19.8 Å². The van der Waals surface area contributed by atoms with Crippen LogP contribution in [-0.4, -0.2) is 23.7 Å². The molecule has 0 saturated carbocycles. The van der Waals surface area contributed by atoms with Crippen LogP contribution in [-0.2, 0) is 6.42 Å². The molecule has 0 spiro atoms. The third-order valence-corrected chi connectivity index (χ3v) is 2.62. The highest BCUT2D eigenvalue weighted by Gasteiger charge is 2.04. The van der Waals surface area contributed by atoms with Gasteiger partial charge in [-0.25, -0.2) is 4.52 Å². The van der Waals surface area contributed by atoms with Crippen molar-refractivity contribution in [2.75, 3.05) is 19.0 Å². The average molecular weight is 203 g/mol. The van der Waals surface area contributed by atoms with E-state index in [9.17, 15) is 0 Å². The molecular weight excluding hydrogens is 186 g/mol. The molecule has 2 rings (SSSR count). The van der Waals surface area contributed by atoms with Crippen molar-refractivity contribution in [1.82, 2.24) is 9.61 Å². The van der Waals surface area contributed by atoms with E-state index < -0.39 is 0 Å². The minimum absolute atomic E-state index is 1.10. The number of pyridine rings is 1. The fraction of sp³-hybridized carbons (Fsp3) is 0.417. The Hall–Kier alpha value is -1.51. The van der Waals surface area contributed by atoms with Gasteiger partial charge in [0.25, 0.3) is 0 Å². The van der Waals surface area contributed by atoms with E-state index >= 15 is 0 Å². The van der Waals surface area contributed by atoms with Gasteiger partial charge >= 0.3 is 0 Å². The first kappa shape index (κ1) is 10.0. The Morgan fingerprint density at radius 2 is 2.13 bits per heavy atom. The lowest BCUT2D eigenvalue weighted by Crippen LogP contribution is -2.09. The summed E-state index contributed by atoms with van der Waals surface area (Å²) in [6.07, 6.45) is 6.30. The molecule has 0 aliphatic heterocycles. The SMILES string of the molecule is CCCc1cnn2cc(N(C)C)ccc12. The summed E-state index contributed by atoms with van der Waals surface area (Å²) < 4.78 is 1.96. The van der Waals surface area contributed by atoms with Crippen molar-refractivity contribution in [2.24, 2.45) is 0 Å². The van der Waals surface area contributed by atoms with Gasteiger partial charge in [0.05, 0.1) is 23.6 Å². The first-order chi connectivity index (χ1) is 7.22. The normalized spacial score (nSPS) is 10.9. The van der Waals surface area contributed by atoms with Gasteiger partial charge in [-0.05, 0) is 24.1 Å². The monoisotopic (exact) mass is 203 g/mol. The van der Waals surface area contributed by atoms with Crippen LogP contribution in [0.15, 0.2) is 24.5 Å². The molecule has 0 bridgehead atoms. The van der Waals surface area contributed by atoms with E-state index in [1.165, 1.54) is 16.8 Å². The van der Waals surface area contributed by atoms with Gasteiger partial charge in [-0.1, -0.05) is 13.3 Å². The molecule has 80 valence electrons. The summed E-state index contributed by atoms with van der Waals surface area (Å²) in [6.45, 7) is 2.19. The van der Waals surface area contributed by atoms with E-state index in [0.29, 0.717) is 0 Å². The fourth-order valence-corrected chi connectivity index (χ4v) is 1.75. The van der Waals surface area contributed by atoms with Gasteiger partial charge in [-0.15, -0.1) is 0 Å². The van der Waals surface area contributed by atoms with Crippen LogP contribution in [0.5, 0.6) is 0 Å². The minimum Gasteiger partial charge on any atom is -0.376 e. The predicted octanol–water partition coefficient (Wildman–Crippen LogP) is 2.35. The molecule has 2 aromatic heterocycles. The lowest BCUT2D eigenvalue weighted by Gasteiger charge is -2.12. The summed E-state index contributed by atoms with van der Waals surface area (Å²) in [5.74, 6) is 0. The second-order valence-corrected chi connectivity index (χ2v) is 4.03. The molecule has 3 nitrogen and oxygen atoms in total. The molecule has 15 heavy (non-hydrogen) atoms. The van der Waals surface area contributed by atoms with Gasteiger partial charge in [0, 0.05) is 14.1 Å². The molecule has 0 saturated heterocycles. The van der Waals surface area contributed by atoms with Crippen molar-refractivity contribution >= 4 is 11.2 Å². The Balaban J connectivity index is 2.47. The van der Waals surface area contributed by atoms with Crippen molar-refractivity contribution < 1.29 is 0 Å². The Morgan fingerprint density at radius 1 is 1.33 bits per heavy atom. The number of fused-ring (bicyclic) bond motifs is 1. The molecule has 0 fully saturated rings. The predicted molar refractivity (Wildman–Crippen MR) is 63.5 cm³/mol. The quantitative estimate of drug-likeness (QED) is 0.763. The molecule has 0 atom stereocenters. The zero-order chi connectivity index (χ0) is 10.8. The van der Waals surface area contributed by atoms with Gasteiger partial charge in [0.15, 0.2) is 0 Å². The van der Waals surface area contributed by atoms with Crippen LogP contribution in [0.25, 0.3) is 5.52 Å². The molecule has 0 amide bonds. The minimum atomic E-state index is 1.10. The van der Waals surface area contributed by atoms with Gasteiger partial charge in [0.2, 0.25) is 0 Å². The lowest BCUT2D eigenvalue weighted by molar-refractivity contribution is 0.929. The third kappa shape index (κ3) is 1.82. The number of hydrogen-bond donors (Lipinski definition) is 0. The summed E-state index contributed by atoms with van der Waals surface area (Å²) >= 11 is 0. The first-order valence-electron chi connectivity index (χ1n) is 5.36. The molecule has 0 N–H and O–H groups in total. The van der Waals surface area contributed by atoms with Crippen LogP contribution in [0.1, 0.15) is 18.9 Å². The van der Waals surface area contributed by atoms with Crippen LogP contribution in [0.4, 0.5) is 5.69 Å². The first-order valence-corrected chi connectivity index (χ1v) is 5.36. The number of aromatic nitrogens is 2. The van der Waals surface area contributed by atoms with Gasteiger partial charge in [0.1, 0.15) is 0 Å². The van der Waals surface area contributed by atoms with E-state index in [2.05, 4.69) is 35.3 Å². The maximum atomic E-state index is 4.37. The van der Waals surface area contributed by atoms with Crippen LogP contribution in [0.2, 0.25) is 0 Å². The Bertz CT molecular complexity index is 457.